The van der Waals surface area contributed by atoms with Crippen molar-refractivity contribution in [1.82, 2.24) is 5.43 Å². The van der Waals surface area contributed by atoms with E-state index in [2.05, 4.69) is 41.8 Å². The van der Waals surface area contributed by atoms with Crippen molar-refractivity contribution in [2.45, 2.75) is 44.6 Å². The van der Waals surface area contributed by atoms with Crippen LogP contribution in [-0.2, 0) is 6.42 Å². The topological polar surface area (TPSA) is 38.0 Å². The summed E-state index contributed by atoms with van der Waals surface area (Å²) in [7, 11) is 0. The lowest BCUT2D eigenvalue weighted by atomic mass is 9.96. The highest BCUT2D eigenvalue weighted by molar-refractivity contribution is 5.21. The van der Waals surface area contributed by atoms with Crippen LogP contribution in [-0.4, -0.2) is 6.04 Å². The molecule has 1 unspecified atom stereocenters. The molecular weight excluding hydrogens is 208 g/mol. The van der Waals surface area contributed by atoms with E-state index in [1.807, 2.05) is 0 Å². The van der Waals surface area contributed by atoms with Gasteiger partial charge in [-0.25, -0.2) is 0 Å². The van der Waals surface area contributed by atoms with Crippen LogP contribution in [0.25, 0.3) is 0 Å². The molecule has 0 aromatic heterocycles. The maximum atomic E-state index is 5.71. The molecule has 2 nitrogen and oxygen atoms in total. The van der Waals surface area contributed by atoms with Gasteiger partial charge in [-0.05, 0) is 37.7 Å². The van der Waals surface area contributed by atoms with Gasteiger partial charge in [0.15, 0.2) is 0 Å². The molecule has 92 valence electrons. The van der Waals surface area contributed by atoms with Crippen LogP contribution in [0.4, 0.5) is 0 Å². The predicted molar refractivity (Wildman–Crippen MR) is 72.4 cm³/mol. The third-order valence-corrected chi connectivity index (χ3v) is 3.51. The van der Waals surface area contributed by atoms with E-state index in [4.69, 9.17) is 5.84 Å². The summed E-state index contributed by atoms with van der Waals surface area (Å²) in [6.45, 7) is 0. The van der Waals surface area contributed by atoms with Crippen molar-refractivity contribution in [1.29, 1.82) is 0 Å². The number of hydrazine groups is 1. The highest BCUT2D eigenvalue weighted by Crippen LogP contribution is 2.21. The van der Waals surface area contributed by atoms with Crippen LogP contribution < -0.4 is 11.3 Å². The van der Waals surface area contributed by atoms with Crippen LogP contribution in [0.15, 0.2) is 42.0 Å². The lowest BCUT2D eigenvalue weighted by Crippen LogP contribution is -2.38. The van der Waals surface area contributed by atoms with Gasteiger partial charge >= 0.3 is 0 Å². The van der Waals surface area contributed by atoms with Gasteiger partial charge in [-0.2, -0.15) is 0 Å². The Morgan fingerprint density at radius 2 is 1.94 bits per heavy atom. The van der Waals surface area contributed by atoms with Crippen LogP contribution in [0.1, 0.15) is 37.7 Å². The molecule has 0 fully saturated rings. The lowest BCUT2D eigenvalue weighted by molar-refractivity contribution is 0.564. The first-order chi connectivity index (χ1) is 8.40. The van der Waals surface area contributed by atoms with Crippen molar-refractivity contribution in [2.75, 3.05) is 0 Å². The van der Waals surface area contributed by atoms with Gasteiger partial charge in [0.05, 0.1) is 0 Å². The molecule has 0 aliphatic heterocycles. The first kappa shape index (κ1) is 12.3. The fourth-order valence-corrected chi connectivity index (χ4v) is 2.50. The number of hydrogen-bond acceptors (Lipinski definition) is 2. The fourth-order valence-electron chi connectivity index (χ4n) is 2.50. The third-order valence-electron chi connectivity index (χ3n) is 3.51. The molecule has 0 saturated carbocycles. The van der Waals surface area contributed by atoms with Gasteiger partial charge in [-0.15, -0.1) is 0 Å². The maximum absolute atomic E-state index is 5.71. The Morgan fingerprint density at radius 3 is 2.71 bits per heavy atom. The van der Waals surface area contributed by atoms with Crippen LogP contribution in [0.2, 0.25) is 0 Å². The minimum Gasteiger partial charge on any atom is -0.271 e. The standard InChI is InChI=1S/C15H22N2/c16-17-15(12-13-8-4-3-5-9-13)14-10-6-1-2-7-11-14/h3-5,8-10,15,17H,1-2,6-7,11-12,16H2. The lowest BCUT2D eigenvalue weighted by Gasteiger charge is -2.19. The van der Waals surface area contributed by atoms with Crippen molar-refractivity contribution in [3.8, 4) is 0 Å². The zero-order valence-corrected chi connectivity index (χ0v) is 10.4. The number of benzene rings is 1. The molecule has 2 heteroatoms. The number of hydrogen-bond donors (Lipinski definition) is 2. The Labute approximate surface area is 104 Å². The monoisotopic (exact) mass is 230 g/mol. The summed E-state index contributed by atoms with van der Waals surface area (Å²) in [4.78, 5) is 0. The average Bonchev–Trinajstić information content (AvgIpc) is 2.66. The average molecular weight is 230 g/mol. The van der Waals surface area contributed by atoms with Crippen LogP contribution in [0.5, 0.6) is 0 Å². The van der Waals surface area contributed by atoms with Crippen LogP contribution in [0.3, 0.4) is 0 Å². The SMILES string of the molecule is NNC(Cc1ccccc1)C1=CCCCCC1. The Morgan fingerprint density at radius 1 is 1.12 bits per heavy atom. The highest BCUT2D eigenvalue weighted by atomic mass is 15.2. The first-order valence-electron chi connectivity index (χ1n) is 6.59. The summed E-state index contributed by atoms with van der Waals surface area (Å²) < 4.78 is 0. The number of nitrogens with two attached hydrogens (primary N) is 1. The molecule has 0 radical (unpaired) electrons. The molecule has 0 bridgehead atoms. The van der Waals surface area contributed by atoms with Crippen molar-refractivity contribution in [2.24, 2.45) is 5.84 Å². The van der Waals surface area contributed by atoms with Crippen molar-refractivity contribution < 1.29 is 0 Å². The Balaban J connectivity index is 2.03. The summed E-state index contributed by atoms with van der Waals surface area (Å²) in [5.41, 5.74) is 5.82. The van der Waals surface area contributed by atoms with E-state index in [9.17, 15) is 0 Å². The molecule has 3 N–H and O–H groups in total. The second-order valence-electron chi connectivity index (χ2n) is 4.79. The van der Waals surface area contributed by atoms with E-state index in [0.717, 1.165) is 6.42 Å². The normalized spacial score (nSPS) is 18.3. The molecule has 0 spiro atoms. The molecular formula is C15H22N2. The van der Waals surface area contributed by atoms with Crippen molar-refractivity contribution in [3.63, 3.8) is 0 Å². The summed E-state index contributed by atoms with van der Waals surface area (Å²) >= 11 is 0. The molecule has 0 saturated heterocycles. The van der Waals surface area contributed by atoms with Gasteiger partial charge in [0.25, 0.3) is 0 Å². The summed E-state index contributed by atoms with van der Waals surface area (Å²) in [6, 6.07) is 10.9. The minimum atomic E-state index is 0.301. The number of allylic oxidation sites excluding steroid dienone is 1. The van der Waals surface area contributed by atoms with Crippen LogP contribution >= 0.6 is 0 Å². The quantitative estimate of drug-likeness (QED) is 0.474. The molecule has 1 aromatic carbocycles. The highest BCUT2D eigenvalue weighted by Gasteiger charge is 2.14. The van der Waals surface area contributed by atoms with Crippen molar-refractivity contribution >= 4 is 0 Å². The Bertz CT molecular complexity index is 356. The van der Waals surface area contributed by atoms with E-state index < -0.39 is 0 Å². The predicted octanol–water partition coefficient (Wildman–Crippen LogP) is 2.95. The largest absolute Gasteiger partial charge is 0.271 e. The van der Waals surface area contributed by atoms with Crippen LogP contribution in [0, 0.1) is 0 Å². The Kier molecular flexibility index (Phi) is 4.77. The summed E-state index contributed by atoms with van der Waals surface area (Å²) in [5, 5.41) is 0. The Hall–Kier alpha value is -1.12. The number of rotatable bonds is 4. The number of nitrogens with one attached hydrogen (secondary N) is 1. The van der Waals surface area contributed by atoms with E-state index in [1.165, 1.54) is 43.2 Å². The van der Waals surface area contributed by atoms with Gasteiger partial charge in [0, 0.05) is 6.04 Å². The molecule has 1 atom stereocenters. The zero-order chi connectivity index (χ0) is 11.9. The van der Waals surface area contributed by atoms with Crippen molar-refractivity contribution in [3.05, 3.63) is 47.5 Å². The van der Waals surface area contributed by atoms with Gasteiger partial charge < -0.3 is 0 Å². The molecule has 1 aliphatic carbocycles. The summed E-state index contributed by atoms with van der Waals surface area (Å²) in [5.74, 6) is 5.71. The molecule has 0 heterocycles. The zero-order valence-electron chi connectivity index (χ0n) is 10.4. The second-order valence-corrected chi connectivity index (χ2v) is 4.79. The third kappa shape index (κ3) is 3.69. The molecule has 17 heavy (non-hydrogen) atoms. The van der Waals surface area contributed by atoms with Gasteiger partial charge in [0.2, 0.25) is 0 Å². The summed E-state index contributed by atoms with van der Waals surface area (Å²) in [6.07, 6.45) is 9.77. The van der Waals surface area contributed by atoms with E-state index in [0.29, 0.717) is 6.04 Å². The molecule has 1 aliphatic rings. The van der Waals surface area contributed by atoms with Gasteiger partial charge in [-0.3, -0.25) is 11.3 Å². The first-order valence-corrected chi connectivity index (χ1v) is 6.59. The molecule has 1 aromatic rings. The van der Waals surface area contributed by atoms with E-state index in [-0.39, 0.29) is 0 Å². The minimum absolute atomic E-state index is 0.301. The second kappa shape index (κ2) is 6.58. The fraction of sp³-hybridized carbons (Fsp3) is 0.467. The maximum Gasteiger partial charge on any atom is 0.0460 e. The van der Waals surface area contributed by atoms with Gasteiger partial charge in [-0.1, -0.05) is 48.4 Å². The molecule has 2 rings (SSSR count). The van der Waals surface area contributed by atoms with E-state index in [1.54, 1.807) is 0 Å². The smallest absolute Gasteiger partial charge is 0.0460 e. The van der Waals surface area contributed by atoms with Gasteiger partial charge in [0.1, 0.15) is 0 Å². The van der Waals surface area contributed by atoms with E-state index >= 15 is 0 Å². The molecule has 0 amide bonds.